The highest BCUT2D eigenvalue weighted by Crippen LogP contribution is 2.18. The van der Waals surface area contributed by atoms with Crippen molar-refractivity contribution < 1.29 is 14.3 Å². The first kappa shape index (κ1) is 13.9. The van der Waals surface area contributed by atoms with Crippen molar-refractivity contribution >= 4 is 16.9 Å². The van der Waals surface area contributed by atoms with E-state index in [2.05, 4.69) is 15.3 Å². The van der Waals surface area contributed by atoms with E-state index < -0.39 is 0 Å². The van der Waals surface area contributed by atoms with E-state index in [1.807, 2.05) is 18.2 Å². The van der Waals surface area contributed by atoms with Gasteiger partial charge in [0.2, 0.25) is 5.91 Å². The number of hydrogen-bond acceptors (Lipinski definition) is 4. The zero-order valence-corrected chi connectivity index (χ0v) is 12.0. The zero-order chi connectivity index (χ0) is 14.7. The summed E-state index contributed by atoms with van der Waals surface area (Å²) in [6, 6.07) is 5.71. The average Bonchev–Trinajstić information content (AvgIpc) is 3.15. The lowest BCUT2D eigenvalue weighted by Crippen LogP contribution is -2.35. The van der Waals surface area contributed by atoms with Crippen LogP contribution in [0.5, 0.6) is 5.75 Å². The van der Waals surface area contributed by atoms with Gasteiger partial charge < -0.3 is 19.8 Å². The van der Waals surface area contributed by atoms with Crippen LogP contribution in [0.3, 0.4) is 0 Å². The summed E-state index contributed by atoms with van der Waals surface area (Å²) in [5, 5.41) is 2.89. The molecule has 1 aromatic heterocycles. The lowest BCUT2D eigenvalue weighted by Gasteiger charge is -2.09. The highest BCUT2D eigenvalue weighted by molar-refractivity contribution is 5.81. The highest BCUT2D eigenvalue weighted by atomic mass is 16.5. The smallest absolute Gasteiger partial charge is 0.249 e. The minimum atomic E-state index is -0.273. The number of fused-ring (bicyclic) bond motifs is 1. The Morgan fingerprint density at radius 2 is 2.48 bits per heavy atom. The topological polar surface area (TPSA) is 76.2 Å². The highest BCUT2D eigenvalue weighted by Gasteiger charge is 2.22. The van der Waals surface area contributed by atoms with E-state index in [0.717, 1.165) is 35.4 Å². The summed E-state index contributed by atoms with van der Waals surface area (Å²) < 4.78 is 10.5. The number of methoxy groups -OCH3 is 1. The predicted octanol–water partition coefficient (Wildman–Crippen LogP) is 1.41. The molecule has 1 atom stereocenters. The van der Waals surface area contributed by atoms with Crippen molar-refractivity contribution in [1.29, 1.82) is 0 Å². The summed E-state index contributed by atoms with van der Waals surface area (Å²) in [6.07, 6.45) is 2.17. The Morgan fingerprint density at radius 1 is 1.57 bits per heavy atom. The van der Waals surface area contributed by atoms with Crippen LogP contribution < -0.4 is 10.1 Å². The summed E-state index contributed by atoms with van der Waals surface area (Å²) >= 11 is 0. The summed E-state index contributed by atoms with van der Waals surface area (Å²) in [4.78, 5) is 19.5. The van der Waals surface area contributed by atoms with Gasteiger partial charge in [-0.2, -0.15) is 0 Å². The Labute approximate surface area is 122 Å². The molecule has 3 rings (SSSR count). The van der Waals surface area contributed by atoms with Crippen molar-refractivity contribution in [2.75, 3.05) is 20.3 Å². The number of ether oxygens (including phenoxy) is 2. The second-order valence-corrected chi connectivity index (χ2v) is 5.11. The van der Waals surface area contributed by atoms with Crippen molar-refractivity contribution in [2.24, 2.45) is 0 Å². The Kier molecular flexibility index (Phi) is 4.06. The fourth-order valence-electron chi connectivity index (χ4n) is 2.49. The van der Waals surface area contributed by atoms with Crippen LogP contribution in [0, 0.1) is 0 Å². The van der Waals surface area contributed by atoms with Gasteiger partial charge in [0.1, 0.15) is 17.7 Å². The predicted molar refractivity (Wildman–Crippen MR) is 78.3 cm³/mol. The lowest BCUT2D eigenvalue weighted by molar-refractivity contribution is -0.129. The SMILES string of the molecule is COc1ccc2nc(CCNC(=O)C3CCCO3)[nH]c2c1. The molecule has 21 heavy (non-hydrogen) atoms. The van der Waals surface area contributed by atoms with Crippen LogP contribution >= 0.6 is 0 Å². The van der Waals surface area contributed by atoms with Crippen LogP contribution in [0.15, 0.2) is 18.2 Å². The van der Waals surface area contributed by atoms with Crippen LogP contribution in [-0.4, -0.2) is 42.2 Å². The first-order chi connectivity index (χ1) is 10.3. The fraction of sp³-hybridized carbons (Fsp3) is 0.467. The van der Waals surface area contributed by atoms with Gasteiger partial charge >= 0.3 is 0 Å². The Bertz CT molecular complexity index is 632. The standard InChI is InChI=1S/C15H19N3O3/c1-20-10-4-5-11-12(9-10)18-14(17-11)6-7-16-15(19)13-3-2-8-21-13/h4-5,9,13H,2-3,6-8H2,1H3,(H,16,19)(H,17,18). The molecule has 1 aromatic carbocycles. The molecule has 1 saturated heterocycles. The van der Waals surface area contributed by atoms with Crippen LogP contribution in [0.25, 0.3) is 11.0 Å². The molecule has 2 heterocycles. The number of nitrogens with one attached hydrogen (secondary N) is 2. The summed E-state index contributed by atoms with van der Waals surface area (Å²) in [5.74, 6) is 1.63. The lowest BCUT2D eigenvalue weighted by atomic mass is 10.2. The van der Waals surface area contributed by atoms with E-state index in [0.29, 0.717) is 19.6 Å². The van der Waals surface area contributed by atoms with Crippen molar-refractivity contribution in [2.45, 2.75) is 25.4 Å². The number of rotatable bonds is 5. The second-order valence-electron chi connectivity index (χ2n) is 5.11. The molecule has 112 valence electrons. The number of benzene rings is 1. The van der Waals surface area contributed by atoms with Gasteiger partial charge in [-0.1, -0.05) is 0 Å². The molecule has 1 fully saturated rings. The third kappa shape index (κ3) is 3.16. The van der Waals surface area contributed by atoms with Crippen LogP contribution in [0.4, 0.5) is 0 Å². The molecule has 1 aliphatic heterocycles. The maximum atomic E-state index is 11.8. The molecular formula is C15H19N3O3. The molecule has 1 aliphatic rings. The number of nitrogens with zero attached hydrogens (tertiary/aromatic N) is 1. The fourth-order valence-corrected chi connectivity index (χ4v) is 2.49. The Balaban J connectivity index is 1.56. The number of imidazole rings is 1. The molecule has 0 saturated carbocycles. The van der Waals surface area contributed by atoms with Gasteiger partial charge in [0.25, 0.3) is 0 Å². The van der Waals surface area contributed by atoms with E-state index in [4.69, 9.17) is 9.47 Å². The maximum Gasteiger partial charge on any atom is 0.249 e. The number of H-pyrrole nitrogens is 1. The Hall–Kier alpha value is -2.08. The molecule has 2 aromatic rings. The van der Waals surface area contributed by atoms with E-state index in [1.165, 1.54) is 0 Å². The number of aromatic amines is 1. The van der Waals surface area contributed by atoms with Crippen LogP contribution in [-0.2, 0) is 16.0 Å². The summed E-state index contributed by atoms with van der Waals surface area (Å²) in [7, 11) is 1.64. The normalized spacial score (nSPS) is 18.0. The first-order valence-electron chi connectivity index (χ1n) is 7.18. The molecule has 1 unspecified atom stereocenters. The van der Waals surface area contributed by atoms with E-state index in [1.54, 1.807) is 7.11 Å². The van der Waals surface area contributed by atoms with Crippen molar-refractivity contribution in [3.63, 3.8) is 0 Å². The van der Waals surface area contributed by atoms with E-state index in [9.17, 15) is 4.79 Å². The molecule has 2 N–H and O–H groups in total. The van der Waals surface area contributed by atoms with Gasteiger partial charge in [0.15, 0.2) is 0 Å². The first-order valence-corrected chi connectivity index (χ1v) is 7.18. The molecule has 0 bridgehead atoms. The number of aromatic nitrogens is 2. The zero-order valence-electron chi connectivity index (χ0n) is 12.0. The van der Waals surface area contributed by atoms with Gasteiger partial charge in [0, 0.05) is 25.6 Å². The minimum absolute atomic E-state index is 0.0229. The summed E-state index contributed by atoms with van der Waals surface area (Å²) in [5.41, 5.74) is 1.84. The minimum Gasteiger partial charge on any atom is -0.497 e. The second kappa shape index (κ2) is 6.13. The number of carbonyl (C=O) groups is 1. The quantitative estimate of drug-likeness (QED) is 0.872. The average molecular weight is 289 g/mol. The van der Waals surface area contributed by atoms with Crippen molar-refractivity contribution in [3.8, 4) is 5.75 Å². The number of amides is 1. The number of hydrogen-bond donors (Lipinski definition) is 2. The third-order valence-corrected chi connectivity index (χ3v) is 3.62. The van der Waals surface area contributed by atoms with Gasteiger partial charge in [-0.05, 0) is 25.0 Å². The monoisotopic (exact) mass is 289 g/mol. The van der Waals surface area contributed by atoms with Gasteiger partial charge in [0.05, 0.1) is 18.1 Å². The summed E-state index contributed by atoms with van der Waals surface area (Å²) in [6.45, 7) is 1.24. The van der Waals surface area contributed by atoms with Crippen LogP contribution in [0.2, 0.25) is 0 Å². The molecule has 6 heteroatoms. The largest absolute Gasteiger partial charge is 0.497 e. The van der Waals surface area contributed by atoms with Crippen LogP contribution in [0.1, 0.15) is 18.7 Å². The van der Waals surface area contributed by atoms with E-state index in [-0.39, 0.29) is 12.0 Å². The van der Waals surface area contributed by atoms with E-state index >= 15 is 0 Å². The maximum absolute atomic E-state index is 11.8. The third-order valence-electron chi connectivity index (χ3n) is 3.62. The molecular weight excluding hydrogens is 270 g/mol. The Morgan fingerprint density at radius 3 is 3.24 bits per heavy atom. The molecule has 0 spiro atoms. The van der Waals surface area contributed by atoms with Gasteiger partial charge in [-0.25, -0.2) is 4.98 Å². The number of carbonyl (C=O) groups excluding carboxylic acids is 1. The van der Waals surface area contributed by atoms with Crippen molar-refractivity contribution in [3.05, 3.63) is 24.0 Å². The molecule has 1 amide bonds. The van der Waals surface area contributed by atoms with Gasteiger partial charge in [-0.3, -0.25) is 4.79 Å². The van der Waals surface area contributed by atoms with Gasteiger partial charge in [-0.15, -0.1) is 0 Å². The van der Waals surface area contributed by atoms with Crippen molar-refractivity contribution in [1.82, 2.24) is 15.3 Å². The molecule has 0 radical (unpaired) electrons. The molecule has 6 nitrogen and oxygen atoms in total. The molecule has 0 aliphatic carbocycles.